The van der Waals surface area contributed by atoms with Gasteiger partial charge in [-0.1, -0.05) is 30.3 Å². The molecular formula is C14H15NOS. The molecule has 0 unspecified atom stereocenters. The SMILES string of the molecule is Cc1ccsc1C(=O)N[C@H](C)c1ccccc1. The second kappa shape index (κ2) is 5.15. The summed E-state index contributed by atoms with van der Waals surface area (Å²) in [4.78, 5) is 12.8. The summed E-state index contributed by atoms with van der Waals surface area (Å²) in [5, 5.41) is 4.95. The Morgan fingerprint density at radius 2 is 1.94 bits per heavy atom. The standard InChI is InChI=1S/C14H15NOS/c1-10-8-9-17-13(10)14(16)15-11(2)12-6-4-3-5-7-12/h3-9,11H,1-2H3,(H,15,16)/t11-/m1/s1. The van der Waals surface area contributed by atoms with Crippen LogP contribution in [-0.4, -0.2) is 5.91 Å². The van der Waals surface area contributed by atoms with E-state index in [1.165, 1.54) is 11.3 Å². The van der Waals surface area contributed by atoms with Gasteiger partial charge in [0.1, 0.15) is 0 Å². The minimum Gasteiger partial charge on any atom is -0.345 e. The Labute approximate surface area is 105 Å². The molecule has 0 saturated carbocycles. The molecule has 0 radical (unpaired) electrons. The Hall–Kier alpha value is -1.61. The molecule has 3 heteroatoms. The van der Waals surface area contributed by atoms with Crippen LogP contribution in [0.5, 0.6) is 0 Å². The Bertz CT molecular complexity index is 504. The Kier molecular flexibility index (Phi) is 3.59. The highest BCUT2D eigenvalue weighted by Gasteiger charge is 2.13. The number of rotatable bonds is 3. The van der Waals surface area contributed by atoms with Gasteiger partial charge in [0.05, 0.1) is 10.9 Å². The topological polar surface area (TPSA) is 29.1 Å². The third-order valence-corrected chi connectivity index (χ3v) is 3.73. The van der Waals surface area contributed by atoms with E-state index in [2.05, 4.69) is 5.32 Å². The molecule has 0 aliphatic carbocycles. The van der Waals surface area contributed by atoms with Crippen molar-refractivity contribution in [3.8, 4) is 0 Å². The lowest BCUT2D eigenvalue weighted by Gasteiger charge is -2.13. The van der Waals surface area contributed by atoms with Crippen LogP contribution in [0.15, 0.2) is 41.8 Å². The molecule has 1 aromatic carbocycles. The molecule has 17 heavy (non-hydrogen) atoms. The quantitative estimate of drug-likeness (QED) is 0.880. The van der Waals surface area contributed by atoms with Crippen LogP contribution in [-0.2, 0) is 0 Å². The fraction of sp³-hybridized carbons (Fsp3) is 0.214. The van der Waals surface area contributed by atoms with Crippen LogP contribution in [0, 0.1) is 6.92 Å². The number of hydrogen-bond donors (Lipinski definition) is 1. The van der Waals surface area contributed by atoms with Crippen molar-refractivity contribution in [2.45, 2.75) is 19.9 Å². The summed E-state index contributed by atoms with van der Waals surface area (Å²) >= 11 is 1.48. The molecule has 0 fully saturated rings. The van der Waals surface area contributed by atoms with Crippen molar-refractivity contribution in [3.05, 3.63) is 57.8 Å². The van der Waals surface area contributed by atoms with Gasteiger partial charge in [0, 0.05) is 0 Å². The van der Waals surface area contributed by atoms with E-state index in [1.807, 2.05) is 55.6 Å². The molecule has 1 aromatic heterocycles. The Balaban J connectivity index is 2.08. The van der Waals surface area contributed by atoms with Crippen LogP contribution >= 0.6 is 11.3 Å². The van der Waals surface area contributed by atoms with Gasteiger partial charge in [0.2, 0.25) is 0 Å². The van der Waals surface area contributed by atoms with Crippen molar-refractivity contribution < 1.29 is 4.79 Å². The van der Waals surface area contributed by atoms with E-state index >= 15 is 0 Å². The lowest BCUT2D eigenvalue weighted by atomic mass is 10.1. The van der Waals surface area contributed by atoms with Crippen LogP contribution in [0.2, 0.25) is 0 Å². The molecular weight excluding hydrogens is 230 g/mol. The molecule has 1 N–H and O–H groups in total. The lowest BCUT2D eigenvalue weighted by molar-refractivity contribution is 0.0943. The predicted molar refractivity (Wildman–Crippen MR) is 71.4 cm³/mol. The molecule has 0 bridgehead atoms. The van der Waals surface area contributed by atoms with E-state index in [4.69, 9.17) is 0 Å². The smallest absolute Gasteiger partial charge is 0.262 e. The molecule has 1 heterocycles. The first-order chi connectivity index (χ1) is 8.18. The van der Waals surface area contributed by atoms with Crippen LogP contribution in [0.3, 0.4) is 0 Å². The third kappa shape index (κ3) is 2.74. The average molecular weight is 245 g/mol. The molecule has 0 aliphatic heterocycles. The second-order valence-corrected chi connectivity index (χ2v) is 4.95. The fourth-order valence-corrected chi connectivity index (χ4v) is 2.52. The molecule has 88 valence electrons. The molecule has 0 saturated heterocycles. The zero-order valence-corrected chi connectivity index (χ0v) is 10.8. The number of thiophene rings is 1. The van der Waals surface area contributed by atoms with Crippen molar-refractivity contribution in [3.63, 3.8) is 0 Å². The minimum atomic E-state index is 0.00820. The van der Waals surface area contributed by atoms with Gasteiger partial charge in [-0.25, -0.2) is 0 Å². The van der Waals surface area contributed by atoms with Crippen LogP contribution in [0.4, 0.5) is 0 Å². The van der Waals surface area contributed by atoms with Gasteiger partial charge in [0.15, 0.2) is 0 Å². The number of aryl methyl sites for hydroxylation is 1. The number of hydrogen-bond acceptors (Lipinski definition) is 2. The summed E-state index contributed by atoms with van der Waals surface area (Å²) in [5.74, 6) is 0.00820. The lowest BCUT2D eigenvalue weighted by Crippen LogP contribution is -2.26. The minimum absolute atomic E-state index is 0.00820. The maximum absolute atomic E-state index is 12.0. The first-order valence-corrected chi connectivity index (χ1v) is 6.46. The van der Waals surface area contributed by atoms with Gasteiger partial charge in [-0.05, 0) is 36.4 Å². The number of nitrogens with one attached hydrogen (secondary N) is 1. The van der Waals surface area contributed by atoms with E-state index in [1.54, 1.807) is 0 Å². The van der Waals surface area contributed by atoms with Gasteiger partial charge in [-0.3, -0.25) is 4.79 Å². The Morgan fingerprint density at radius 3 is 2.53 bits per heavy atom. The average Bonchev–Trinajstić information content (AvgIpc) is 2.76. The first-order valence-electron chi connectivity index (χ1n) is 5.58. The van der Waals surface area contributed by atoms with E-state index < -0.39 is 0 Å². The summed E-state index contributed by atoms with van der Waals surface area (Å²) < 4.78 is 0. The van der Waals surface area contributed by atoms with Crippen molar-refractivity contribution >= 4 is 17.2 Å². The summed E-state index contributed by atoms with van der Waals surface area (Å²) in [6.45, 7) is 3.95. The molecule has 0 spiro atoms. The summed E-state index contributed by atoms with van der Waals surface area (Å²) in [6.07, 6.45) is 0. The monoisotopic (exact) mass is 245 g/mol. The van der Waals surface area contributed by atoms with E-state index in [-0.39, 0.29) is 11.9 Å². The van der Waals surface area contributed by atoms with Gasteiger partial charge >= 0.3 is 0 Å². The summed E-state index contributed by atoms with van der Waals surface area (Å²) in [7, 11) is 0. The summed E-state index contributed by atoms with van der Waals surface area (Å²) in [5.41, 5.74) is 2.16. The Morgan fingerprint density at radius 1 is 1.24 bits per heavy atom. The number of carbonyl (C=O) groups is 1. The van der Waals surface area contributed by atoms with Gasteiger partial charge < -0.3 is 5.32 Å². The molecule has 2 aromatic rings. The van der Waals surface area contributed by atoms with Crippen LogP contribution in [0.1, 0.15) is 33.8 Å². The maximum atomic E-state index is 12.0. The molecule has 0 aliphatic rings. The number of benzene rings is 1. The fourth-order valence-electron chi connectivity index (χ4n) is 1.69. The number of carbonyl (C=O) groups excluding carboxylic acids is 1. The highest BCUT2D eigenvalue weighted by atomic mass is 32.1. The zero-order valence-electron chi connectivity index (χ0n) is 9.94. The normalized spacial score (nSPS) is 12.1. The van der Waals surface area contributed by atoms with Crippen molar-refractivity contribution in [2.24, 2.45) is 0 Å². The summed E-state index contributed by atoms with van der Waals surface area (Å²) in [6, 6.07) is 12.0. The van der Waals surface area contributed by atoms with Gasteiger partial charge in [-0.2, -0.15) is 0 Å². The molecule has 1 atom stereocenters. The molecule has 2 rings (SSSR count). The zero-order chi connectivity index (χ0) is 12.3. The van der Waals surface area contributed by atoms with Crippen LogP contribution in [0.25, 0.3) is 0 Å². The van der Waals surface area contributed by atoms with Gasteiger partial charge in [-0.15, -0.1) is 11.3 Å². The molecule has 1 amide bonds. The van der Waals surface area contributed by atoms with Crippen molar-refractivity contribution in [1.82, 2.24) is 5.32 Å². The molecule has 2 nitrogen and oxygen atoms in total. The highest BCUT2D eigenvalue weighted by Crippen LogP contribution is 2.18. The van der Waals surface area contributed by atoms with Crippen molar-refractivity contribution in [2.75, 3.05) is 0 Å². The van der Waals surface area contributed by atoms with E-state index in [0.717, 1.165) is 16.0 Å². The third-order valence-electron chi connectivity index (χ3n) is 2.72. The predicted octanol–water partition coefficient (Wildman–Crippen LogP) is 3.55. The first kappa shape index (κ1) is 11.9. The maximum Gasteiger partial charge on any atom is 0.262 e. The second-order valence-electron chi connectivity index (χ2n) is 4.04. The number of amides is 1. The van der Waals surface area contributed by atoms with Gasteiger partial charge in [0.25, 0.3) is 5.91 Å². The van der Waals surface area contributed by atoms with Crippen molar-refractivity contribution in [1.29, 1.82) is 0 Å². The van der Waals surface area contributed by atoms with Crippen LogP contribution < -0.4 is 5.32 Å². The van der Waals surface area contributed by atoms with E-state index in [0.29, 0.717) is 0 Å². The van der Waals surface area contributed by atoms with E-state index in [9.17, 15) is 4.79 Å². The highest BCUT2D eigenvalue weighted by molar-refractivity contribution is 7.12. The largest absolute Gasteiger partial charge is 0.345 e.